The Labute approximate surface area is 128 Å². The zero-order valence-electron chi connectivity index (χ0n) is 13.4. The Bertz CT molecular complexity index is 279. The van der Waals surface area contributed by atoms with Crippen LogP contribution in [0.2, 0.25) is 0 Å². The molecule has 0 unspecified atom stereocenters. The summed E-state index contributed by atoms with van der Waals surface area (Å²) in [4.78, 5) is 10.2. The quantitative estimate of drug-likeness (QED) is 0.607. The number of hydrogen-bond acceptors (Lipinski definition) is 4. The topological polar surface area (TPSA) is 66.8 Å². The second kappa shape index (κ2) is 9.21. The fourth-order valence-corrected chi connectivity index (χ4v) is 4.16. The average Bonchev–Trinajstić information content (AvgIpc) is 2.45. The van der Waals surface area contributed by atoms with Crippen LogP contribution in [0.3, 0.4) is 0 Å². The number of methoxy groups -OCH3 is 1. The highest BCUT2D eigenvalue weighted by Gasteiger charge is 2.41. The maximum Gasteiger partial charge on any atom is 0.332 e. The van der Waals surface area contributed by atoms with Crippen molar-refractivity contribution >= 4 is 5.97 Å². The van der Waals surface area contributed by atoms with Crippen molar-refractivity contribution < 1.29 is 19.7 Å². The first-order valence-electron chi connectivity index (χ1n) is 7.95. The van der Waals surface area contributed by atoms with Gasteiger partial charge in [0.05, 0.1) is 20.3 Å². The molecule has 0 amide bonds. The van der Waals surface area contributed by atoms with Crippen molar-refractivity contribution in [3.05, 3.63) is 12.2 Å². The van der Waals surface area contributed by atoms with Gasteiger partial charge in [-0.05, 0) is 69.1 Å². The summed E-state index contributed by atoms with van der Waals surface area (Å²) in [5.41, 5.74) is 0.433. The Morgan fingerprint density at radius 1 is 0.952 bits per heavy atom. The van der Waals surface area contributed by atoms with E-state index >= 15 is 0 Å². The number of hydrogen-bond donors (Lipinski definition) is 2. The number of carbonyl (C=O) groups is 1. The zero-order chi connectivity index (χ0) is 15.8. The molecule has 4 aliphatic carbocycles. The molecule has 4 bridgehead atoms. The fraction of sp³-hybridized carbons (Fsp3) is 0.824. The molecule has 21 heavy (non-hydrogen) atoms. The first-order chi connectivity index (χ1) is 9.99. The van der Waals surface area contributed by atoms with E-state index in [1.165, 1.54) is 30.8 Å². The van der Waals surface area contributed by atoms with Crippen molar-refractivity contribution in [2.75, 3.05) is 20.3 Å². The summed E-state index contributed by atoms with van der Waals surface area (Å²) in [7, 11) is 1.33. The number of rotatable bonds is 2. The van der Waals surface area contributed by atoms with Crippen molar-refractivity contribution in [2.45, 2.75) is 45.4 Å². The van der Waals surface area contributed by atoms with Crippen molar-refractivity contribution in [1.82, 2.24) is 0 Å². The van der Waals surface area contributed by atoms with Crippen molar-refractivity contribution in [3.63, 3.8) is 0 Å². The van der Waals surface area contributed by atoms with Crippen LogP contribution in [0.4, 0.5) is 0 Å². The van der Waals surface area contributed by atoms with Gasteiger partial charge in [0.1, 0.15) is 0 Å². The summed E-state index contributed by atoms with van der Waals surface area (Å²) in [5, 5.41) is 15.2. The number of aliphatic hydroxyl groups excluding tert-OH is 2. The Balaban J connectivity index is 0.000000178. The first kappa shape index (κ1) is 18.2. The maximum atomic E-state index is 10.2. The van der Waals surface area contributed by atoms with Gasteiger partial charge in [0.25, 0.3) is 0 Å². The molecule has 4 rings (SSSR count). The average molecular weight is 298 g/mol. The Morgan fingerprint density at radius 2 is 1.24 bits per heavy atom. The molecular weight excluding hydrogens is 268 g/mol. The Morgan fingerprint density at radius 3 is 1.33 bits per heavy atom. The lowest BCUT2D eigenvalue weighted by molar-refractivity contribution is -0.136. The molecule has 0 aromatic heterocycles. The van der Waals surface area contributed by atoms with Crippen LogP contribution >= 0.6 is 0 Å². The SMILES string of the molecule is C1C2CC3CC1CC(C2)C3.C=C(C)C(=O)OC.OCCO. The summed E-state index contributed by atoms with van der Waals surface area (Å²) in [5.74, 6) is 4.36. The lowest BCUT2D eigenvalue weighted by atomic mass is 9.56. The minimum atomic E-state index is -0.347. The van der Waals surface area contributed by atoms with E-state index in [2.05, 4.69) is 11.3 Å². The van der Waals surface area contributed by atoms with E-state index in [4.69, 9.17) is 10.2 Å². The molecule has 0 radical (unpaired) electrons. The molecule has 4 saturated carbocycles. The molecule has 0 aromatic carbocycles. The van der Waals surface area contributed by atoms with E-state index in [0.29, 0.717) is 5.57 Å². The molecule has 122 valence electrons. The van der Waals surface area contributed by atoms with Crippen LogP contribution in [0, 0.1) is 23.7 Å². The smallest absolute Gasteiger partial charge is 0.332 e. The summed E-state index contributed by atoms with van der Waals surface area (Å²) >= 11 is 0. The van der Waals surface area contributed by atoms with E-state index < -0.39 is 0 Å². The highest BCUT2D eigenvalue weighted by molar-refractivity contribution is 5.86. The molecule has 0 heterocycles. The van der Waals surface area contributed by atoms with Crippen LogP contribution in [-0.2, 0) is 9.53 Å². The van der Waals surface area contributed by atoms with Crippen LogP contribution in [0.1, 0.15) is 45.4 Å². The van der Waals surface area contributed by atoms with Gasteiger partial charge in [0.15, 0.2) is 0 Å². The number of carbonyl (C=O) groups excluding carboxylic acids is 1. The number of ether oxygens (including phenoxy) is 1. The lowest BCUT2D eigenvalue weighted by Crippen LogP contribution is -2.38. The molecule has 4 fully saturated rings. The van der Waals surface area contributed by atoms with Gasteiger partial charge in [-0.25, -0.2) is 4.79 Å². The molecule has 0 aromatic rings. The van der Waals surface area contributed by atoms with E-state index in [1.54, 1.807) is 45.4 Å². The van der Waals surface area contributed by atoms with Gasteiger partial charge in [-0.15, -0.1) is 0 Å². The van der Waals surface area contributed by atoms with Gasteiger partial charge in [0.2, 0.25) is 0 Å². The molecule has 0 atom stereocenters. The van der Waals surface area contributed by atoms with E-state index in [1.807, 2.05) is 0 Å². The molecular formula is C17H30O4. The molecule has 0 saturated heterocycles. The molecule has 2 N–H and O–H groups in total. The predicted octanol–water partition coefficient (Wildman–Crippen LogP) is 2.54. The standard InChI is InChI=1S/C10H16.C5H8O2.C2H6O2/c1-7-2-9-4-8(1)5-10(3-7)6-9;1-4(2)5(6)7-3;3-1-2-4/h7-10H,1-6H2;1H2,2-3H3;3-4H,1-2H2. The monoisotopic (exact) mass is 298 g/mol. The third-order valence-corrected chi connectivity index (χ3v) is 4.63. The van der Waals surface area contributed by atoms with Gasteiger partial charge in [-0.2, -0.15) is 0 Å². The lowest BCUT2D eigenvalue weighted by Gasteiger charge is -2.49. The summed E-state index contributed by atoms with van der Waals surface area (Å²) < 4.78 is 4.27. The normalized spacial score (nSPS) is 31.4. The number of aliphatic hydroxyl groups is 2. The van der Waals surface area contributed by atoms with Gasteiger partial charge in [-0.1, -0.05) is 6.58 Å². The van der Waals surface area contributed by atoms with Crippen LogP contribution in [0.15, 0.2) is 12.2 Å². The first-order valence-corrected chi connectivity index (χ1v) is 7.95. The fourth-order valence-electron chi connectivity index (χ4n) is 4.16. The van der Waals surface area contributed by atoms with Crippen LogP contribution in [0.5, 0.6) is 0 Å². The molecule has 0 aliphatic heterocycles. The van der Waals surface area contributed by atoms with Crippen LogP contribution in [-0.4, -0.2) is 36.5 Å². The molecule has 4 aliphatic rings. The van der Waals surface area contributed by atoms with Crippen LogP contribution in [0.25, 0.3) is 0 Å². The number of esters is 1. The van der Waals surface area contributed by atoms with E-state index in [0.717, 1.165) is 0 Å². The van der Waals surface area contributed by atoms with Crippen molar-refractivity contribution in [3.8, 4) is 0 Å². The summed E-state index contributed by atoms with van der Waals surface area (Å²) in [6.07, 6.45) is 9.62. The predicted molar refractivity (Wildman–Crippen MR) is 82.7 cm³/mol. The van der Waals surface area contributed by atoms with E-state index in [9.17, 15) is 4.79 Å². The van der Waals surface area contributed by atoms with Gasteiger partial charge < -0.3 is 14.9 Å². The second-order valence-corrected chi connectivity index (χ2v) is 6.60. The van der Waals surface area contributed by atoms with Crippen molar-refractivity contribution in [1.29, 1.82) is 0 Å². The van der Waals surface area contributed by atoms with E-state index in [-0.39, 0.29) is 19.2 Å². The minimum absolute atomic E-state index is 0.125. The highest BCUT2D eigenvalue weighted by Crippen LogP contribution is 2.53. The highest BCUT2D eigenvalue weighted by atomic mass is 16.5. The van der Waals surface area contributed by atoms with Gasteiger partial charge in [-0.3, -0.25) is 0 Å². The third-order valence-electron chi connectivity index (χ3n) is 4.63. The van der Waals surface area contributed by atoms with Gasteiger partial charge >= 0.3 is 5.97 Å². The molecule has 0 spiro atoms. The van der Waals surface area contributed by atoms with Crippen molar-refractivity contribution in [2.24, 2.45) is 23.7 Å². The van der Waals surface area contributed by atoms with Crippen LogP contribution < -0.4 is 0 Å². The maximum absolute atomic E-state index is 10.2. The molecule has 4 heteroatoms. The third kappa shape index (κ3) is 6.18. The van der Waals surface area contributed by atoms with Gasteiger partial charge in [0, 0.05) is 5.57 Å². The Kier molecular flexibility index (Phi) is 7.97. The summed E-state index contributed by atoms with van der Waals surface area (Å²) in [6.45, 7) is 4.70. The largest absolute Gasteiger partial charge is 0.466 e. The second-order valence-electron chi connectivity index (χ2n) is 6.60. The Hall–Kier alpha value is -0.870. The molecule has 4 nitrogen and oxygen atoms in total. The zero-order valence-corrected chi connectivity index (χ0v) is 13.4. The minimum Gasteiger partial charge on any atom is -0.466 e. The summed E-state index contributed by atoms with van der Waals surface area (Å²) in [6, 6.07) is 0.